The van der Waals surface area contributed by atoms with Crippen LogP contribution in [-0.4, -0.2) is 59.5 Å². The molecule has 1 aliphatic rings. The average molecular weight is 612 g/mol. The molecule has 1 rings (SSSR count). The quantitative estimate of drug-likeness (QED) is 0.205. The molecule has 0 atom stereocenters. The molecule has 0 amide bonds. The van der Waals surface area contributed by atoms with Gasteiger partial charge in [-0.3, -0.25) is 0 Å². The summed E-state index contributed by atoms with van der Waals surface area (Å²) in [7, 11) is 0. The summed E-state index contributed by atoms with van der Waals surface area (Å²) in [4.78, 5) is 0. The van der Waals surface area contributed by atoms with Gasteiger partial charge in [0.25, 0.3) is 0 Å². The van der Waals surface area contributed by atoms with Gasteiger partial charge in [-0.15, -0.1) is 0 Å². The third kappa shape index (κ3) is 4.38. The molecule has 0 bridgehead atoms. The highest BCUT2D eigenvalue weighted by atomic mass is 19.4. The maximum absolute atomic E-state index is 13.7. The Kier molecular flexibility index (Phi) is 8.08. The first-order valence-corrected chi connectivity index (χ1v) is 9.15. The van der Waals surface area contributed by atoms with E-state index in [4.69, 9.17) is 0 Å². The Labute approximate surface area is 196 Å². The Hall–Kier alpha value is -1.99. The fourth-order valence-electron chi connectivity index (χ4n) is 2.74. The molecule has 0 nitrogen and oxygen atoms in total. The van der Waals surface area contributed by atoms with E-state index in [1.165, 1.54) is 0 Å². The highest BCUT2D eigenvalue weighted by molar-refractivity contribution is 5.26. The fraction of sp³-hybridized carbons (Fsp3) is 0.765. The van der Waals surface area contributed by atoms with Crippen molar-refractivity contribution >= 4 is 0 Å². The fourth-order valence-corrected chi connectivity index (χ4v) is 2.74. The number of alkyl halides is 21. The summed E-state index contributed by atoms with van der Waals surface area (Å²) in [5.74, 6) is -76.4. The minimum Gasteiger partial charge on any atom is -0.200 e. The molecular formula is C17H9F21. The summed E-state index contributed by atoms with van der Waals surface area (Å²) in [5, 5.41) is 0. The van der Waals surface area contributed by atoms with Crippen LogP contribution in [0.15, 0.2) is 23.8 Å². The van der Waals surface area contributed by atoms with E-state index in [9.17, 15) is 92.2 Å². The van der Waals surface area contributed by atoms with Crippen LogP contribution in [0.2, 0.25) is 0 Å². The van der Waals surface area contributed by atoms with E-state index in [1.807, 2.05) is 0 Å². The van der Waals surface area contributed by atoms with Crippen LogP contribution in [0, 0.1) is 0 Å². The Morgan fingerprint density at radius 1 is 0.447 bits per heavy atom. The van der Waals surface area contributed by atoms with Gasteiger partial charge in [-0.25, -0.2) is 0 Å². The van der Waals surface area contributed by atoms with Crippen molar-refractivity contribution in [3.05, 3.63) is 23.8 Å². The predicted octanol–water partition coefficient (Wildman–Crippen LogP) is 8.93. The highest BCUT2D eigenvalue weighted by Gasteiger charge is 2.97. The summed E-state index contributed by atoms with van der Waals surface area (Å²) in [6, 6.07) is 0. The topological polar surface area (TPSA) is 0 Å². The van der Waals surface area contributed by atoms with Crippen LogP contribution in [-0.2, 0) is 0 Å². The SMILES string of the molecule is FC(F)(F)C(F)(F)C(F)(F)C(F)(F)C(F)(F)C(F)(F)C(F)(F)C(F)(F)C(F)(F)C(F)(F)CCC1=CCC=C1. The average Bonchev–Trinajstić information content (AvgIpc) is 3.24. The molecule has 21 heteroatoms. The van der Waals surface area contributed by atoms with Crippen LogP contribution >= 0.6 is 0 Å². The summed E-state index contributed by atoms with van der Waals surface area (Å²) < 4.78 is 278. The van der Waals surface area contributed by atoms with Gasteiger partial charge in [0.05, 0.1) is 0 Å². The molecule has 0 aromatic rings. The van der Waals surface area contributed by atoms with Gasteiger partial charge < -0.3 is 0 Å². The maximum atomic E-state index is 13.7. The molecule has 0 aromatic heterocycles. The molecule has 0 heterocycles. The number of rotatable bonds is 11. The minimum absolute atomic E-state index is 0.0287. The normalized spacial score (nSPS) is 17.8. The van der Waals surface area contributed by atoms with Crippen LogP contribution in [0.5, 0.6) is 0 Å². The number of allylic oxidation sites excluding steroid dienone is 4. The van der Waals surface area contributed by atoms with Crippen molar-refractivity contribution in [1.29, 1.82) is 0 Å². The van der Waals surface area contributed by atoms with E-state index in [1.54, 1.807) is 0 Å². The van der Waals surface area contributed by atoms with Gasteiger partial charge in [0.1, 0.15) is 0 Å². The van der Waals surface area contributed by atoms with E-state index in [0.717, 1.165) is 18.2 Å². The molecule has 0 aliphatic heterocycles. The number of hydrogen-bond acceptors (Lipinski definition) is 0. The number of hydrogen-bond donors (Lipinski definition) is 0. The van der Waals surface area contributed by atoms with E-state index in [2.05, 4.69) is 0 Å². The summed E-state index contributed by atoms with van der Waals surface area (Å²) >= 11 is 0. The standard InChI is InChI=1S/C17H9F21/c18-8(19,6-5-7-3-1-2-4-7)9(20,21)10(22,23)11(24,25)12(26,27)13(28,29)14(30,31)15(32,33)16(34,35)17(36,37)38/h1,3-4H,2,5-6H2. The molecule has 0 unspecified atom stereocenters. The molecule has 0 radical (unpaired) electrons. The second-order valence-electron chi connectivity index (χ2n) is 7.71. The first-order chi connectivity index (χ1) is 16.3. The van der Waals surface area contributed by atoms with E-state index < -0.39 is 72.3 Å². The predicted molar refractivity (Wildman–Crippen MR) is 81.7 cm³/mol. The Bertz CT molecular complexity index is 932. The molecule has 0 saturated heterocycles. The van der Waals surface area contributed by atoms with Crippen molar-refractivity contribution in [3.63, 3.8) is 0 Å². The monoisotopic (exact) mass is 612 g/mol. The zero-order valence-electron chi connectivity index (χ0n) is 17.3. The lowest BCUT2D eigenvalue weighted by Crippen LogP contribution is -2.76. The van der Waals surface area contributed by atoms with E-state index >= 15 is 0 Å². The molecule has 224 valence electrons. The van der Waals surface area contributed by atoms with Gasteiger partial charge in [-0.1, -0.05) is 23.8 Å². The molecule has 0 spiro atoms. The zero-order valence-corrected chi connectivity index (χ0v) is 17.3. The van der Waals surface area contributed by atoms with Gasteiger partial charge in [-0.05, 0) is 12.8 Å². The summed E-state index contributed by atoms with van der Waals surface area (Å²) in [6.45, 7) is 0. The van der Waals surface area contributed by atoms with Crippen LogP contribution in [0.1, 0.15) is 19.3 Å². The molecule has 0 fully saturated rings. The van der Waals surface area contributed by atoms with Gasteiger partial charge >= 0.3 is 59.5 Å². The molecule has 0 N–H and O–H groups in total. The third-order valence-electron chi connectivity index (χ3n) is 5.15. The first-order valence-electron chi connectivity index (χ1n) is 9.15. The van der Waals surface area contributed by atoms with Crippen LogP contribution in [0.3, 0.4) is 0 Å². The zero-order chi connectivity index (χ0) is 30.8. The second kappa shape index (κ2) is 9.02. The lowest BCUT2D eigenvalue weighted by molar-refractivity contribution is -0.474. The maximum Gasteiger partial charge on any atom is 0.460 e. The second-order valence-corrected chi connectivity index (χ2v) is 7.71. The Morgan fingerprint density at radius 3 is 1.05 bits per heavy atom. The van der Waals surface area contributed by atoms with Crippen molar-refractivity contribution in [1.82, 2.24) is 0 Å². The van der Waals surface area contributed by atoms with Crippen LogP contribution < -0.4 is 0 Å². The lowest BCUT2D eigenvalue weighted by Gasteiger charge is -2.44. The van der Waals surface area contributed by atoms with Crippen molar-refractivity contribution in [2.75, 3.05) is 0 Å². The van der Waals surface area contributed by atoms with Crippen LogP contribution in [0.4, 0.5) is 92.2 Å². The van der Waals surface area contributed by atoms with Crippen LogP contribution in [0.25, 0.3) is 0 Å². The van der Waals surface area contributed by atoms with E-state index in [0.29, 0.717) is 0 Å². The van der Waals surface area contributed by atoms with Gasteiger partial charge in [0.2, 0.25) is 0 Å². The van der Waals surface area contributed by atoms with Crippen molar-refractivity contribution in [3.8, 4) is 0 Å². The Balaban J connectivity index is 3.63. The summed E-state index contributed by atoms with van der Waals surface area (Å²) in [6.07, 6.45) is -8.94. The lowest BCUT2D eigenvalue weighted by atomic mass is 9.85. The molecule has 38 heavy (non-hydrogen) atoms. The largest absolute Gasteiger partial charge is 0.460 e. The minimum atomic E-state index is -9.14. The molecule has 0 saturated carbocycles. The summed E-state index contributed by atoms with van der Waals surface area (Å²) in [5.41, 5.74) is -0.333. The van der Waals surface area contributed by atoms with Gasteiger partial charge in [0.15, 0.2) is 0 Å². The Morgan fingerprint density at radius 2 is 0.763 bits per heavy atom. The van der Waals surface area contributed by atoms with E-state index in [-0.39, 0.29) is 12.0 Å². The molecular weight excluding hydrogens is 603 g/mol. The third-order valence-corrected chi connectivity index (χ3v) is 5.15. The first kappa shape index (κ1) is 34.0. The molecule has 1 aliphatic carbocycles. The smallest absolute Gasteiger partial charge is 0.200 e. The van der Waals surface area contributed by atoms with Crippen molar-refractivity contribution in [2.45, 2.75) is 78.7 Å². The molecule has 0 aromatic carbocycles. The van der Waals surface area contributed by atoms with Gasteiger partial charge in [0, 0.05) is 6.42 Å². The number of halogens is 21. The van der Waals surface area contributed by atoms with Crippen molar-refractivity contribution < 1.29 is 92.2 Å². The highest BCUT2D eigenvalue weighted by Crippen LogP contribution is 2.66. The van der Waals surface area contributed by atoms with Crippen molar-refractivity contribution in [2.24, 2.45) is 0 Å². The van der Waals surface area contributed by atoms with Gasteiger partial charge in [-0.2, -0.15) is 92.2 Å².